The number of hydrogen-bond acceptors (Lipinski definition) is 2. The minimum atomic E-state index is -0.309. The van der Waals surface area contributed by atoms with Gasteiger partial charge in [0.15, 0.2) is 0 Å². The molecule has 0 bridgehead atoms. The lowest BCUT2D eigenvalue weighted by Gasteiger charge is -2.15. The molecule has 3 aromatic carbocycles. The first kappa shape index (κ1) is 16.7. The van der Waals surface area contributed by atoms with Crippen LogP contribution in [0.1, 0.15) is 24.5 Å². The van der Waals surface area contributed by atoms with E-state index in [2.05, 4.69) is 0 Å². The Morgan fingerprint density at radius 2 is 1.16 bits per heavy atom. The Labute approximate surface area is 148 Å². The van der Waals surface area contributed by atoms with Gasteiger partial charge in [-0.3, -0.25) is 0 Å². The maximum absolute atomic E-state index is 12.9. The van der Waals surface area contributed by atoms with Crippen LogP contribution in [0.15, 0.2) is 96.6 Å². The summed E-state index contributed by atoms with van der Waals surface area (Å²) in [5.74, 6) is 0.246. The molecule has 3 aromatic rings. The fourth-order valence-corrected chi connectivity index (χ4v) is 2.81. The van der Waals surface area contributed by atoms with Crippen molar-refractivity contribution in [3.05, 3.63) is 108 Å². The van der Waals surface area contributed by atoms with E-state index < -0.39 is 0 Å². The van der Waals surface area contributed by atoms with Crippen LogP contribution < -0.4 is 4.74 Å². The minimum absolute atomic E-state index is 0.309. The molecule has 0 saturated carbocycles. The van der Waals surface area contributed by atoms with Crippen LogP contribution in [-0.2, 0) is 4.79 Å². The molecule has 0 heterocycles. The average molecular weight is 328 g/mol. The van der Waals surface area contributed by atoms with Gasteiger partial charge in [0.25, 0.3) is 0 Å². The van der Waals surface area contributed by atoms with Gasteiger partial charge in [-0.2, -0.15) is 0 Å². The molecule has 0 radical (unpaired) electrons. The van der Waals surface area contributed by atoms with Crippen molar-refractivity contribution in [2.24, 2.45) is 0 Å². The molecule has 0 amide bonds. The Bertz CT molecular complexity index is 809. The van der Waals surface area contributed by atoms with Crippen LogP contribution in [0.5, 0.6) is 5.75 Å². The Morgan fingerprint density at radius 3 is 1.60 bits per heavy atom. The van der Waals surface area contributed by atoms with Gasteiger partial charge < -0.3 is 4.74 Å². The molecular formula is C23H20O2. The van der Waals surface area contributed by atoms with E-state index in [0.717, 1.165) is 16.7 Å². The monoisotopic (exact) mass is 328 g/mol. The summed E-state index contributed by atoms with van der Waals surface area (Å²) in [5, 5.41) is 0. The molecule has 2 nitrogen and oxygen atoms in total. The molecule has 0 saturated heterocycles. The van der Waals surface area contributed by atoms with Crippen LogP contribution >= 0.6 is 0 Å². The SMILES string of the molecule is CCC(C(=O)Oc1ccccc1)=C(c1ccccc1)c1ccccc1. The van der Waals surface area contributed by atoms with Gasteiger partial charge in [0.2, 0.25) is 0 Å². The summed E-state index contributed by atoms with van der Waals surface area (Å²) in [6.45, 7) is 1.98. The summed E-state index contributed by atoms with van der Waals surface area (Å²) in [4.78, 5) is 12.9. The zero-order valence-electron chi connectivity index (χ0n) is 14.2. The van der Waals surface area contributed by atoms with Gasteiger partial charge in [0.1, 0.15) is 5.75 Å². The predicted molar refractivity (Wildman–Crippen MR) is 101 cm³/mol. The fraction of sp³-hybridized carbons (Fsp3) is 0.0870. The smallest absolute Gasteiger partial charge is 0.340 e. The number of carbonyl (C=O) groups is 1. The molecule has 0 aromatic heterocycles. The molecule has 0 unspecified atom stereocenters. The number of carbonyl (C=O) groups excluding carboxylic acids is 1. The summed E-state index contributed by atoms with van der Waals surface area (Å²) in [6, 6.07) is 29.1. The van der Waals surface area contributed by atoms with Gasteiger partial charge in [0, 0.05) is 5.57 Å². The van der Waals surface area contributed by atoms with Crippen LogP contribution in [-0.4, -0.2) is 5.97 Å². The molecule has 0 atom stereocenters. The molecule has 0 fully saturated rings. The molecule has 0 aliphatic rings. The van der Waals surface area contributed by atoms with Crippen molar-refractivity contribution >= 4 is 11.5 Å². The van der Waals surface area contributed by atoms with Crippen molar-refractivity contribution in [2.75, 3.05) is 0 Å². The lowest BCUT2D eigenvalue weighted by Crippen LogP contribution is -2.13. The van der Waals surface area contributed by atoms with E-state index in [4.69, 9.17) is 4.74 Å². The highest BCUT2D eigenvalue weighted by Gasteiger charge is 2.18. The van der Waals surface area contributed by atoms with Crippen LogP contribution in [0.25, 0.3) is 5.57 Å². The van der Waals surface area contributed by atoms with Crippen LogP contribution in [0, 0.1) is 0 Å². The van der Waals surface area contributed by atoms with E-state index in [0.29, 0.717) is 17.7 Å². The van der Waals surface area contributed by atoms with Crippen molar-refractivity contribution in [1.29, 1.82) is 0 Å². The van der Waals surface area contributed by atoms with E-state index in [1.54, 1.807) is 12.1 Å². The molecule has 3 rings (SSSR count). The number of esters is 1. The molecule has 2 heteroatoms. The second-order valence-electron chi connectivity index (χ2n) is 5.64. The van der Waals surface area contributed by atoms with E-state index in [1.165, 1.54) is 0 Å². The Hall–Kier alpha value is -3.13. The first-order chi connectivity index (χ1) is 12.3. The van der Waals surface area contributed by atoms with Gasteiger partial charge in [-0.25, -0.2) is 4.79 Å². The maximum atomic E-state index is 12.9. The maximum Gasteiger partial charge on any atom is 0.340 e. The van der Waals surface area contributed by atoms with E-state index in [-0.39, 0.29) is 5.97 Å². The summed E-state index contributed by atoms with van der Waals surface area (Å²) in [5.41, 5.74) is 3.61. The summed E-state index contributed by atoms with van der Waals surface area (Å²) in [7, 11) is 0. The van der Waals surface area contributed by atoms with Crippen LogP contribution in [0.3, 0.4) is 0 Å². The van der Waals surface area contributed by atoms with Gasteiger partial charge in [-0.15, -0.1) is 0 Å². The molecule has 0 spiro atoms. The summed E-state index contributed by atoms with van der Waals surface area (Å²) in [6.07, 6.45) is 0.588. The molecule has 0 aliphatic heterocycles. The zero-order chi connectivity index (χ0) is 17.5. The summed E-state index contributed by atoms with van der Waals surface area (Å²) < 4.78 is 5.59. The predicted octanol–water partition coefficient (Wildman–Crippen LogP) is 5.50. The van der Waals surface area contributed by atoms with E-state index in [1.807, 2.05) is 85.8 Å². The quantitative estimate of drug-likeness (QED) is 0.351. The Balaban J connectivity index is 2.08. The molecule has 0 N–H and O–H groups in total. The van der Waals surface area contributed by atoms with E-state index in [9.17, 15) is 4.79 Å². The zero-order valence-corrected chi connectivity index (χ0v) is 14.2. The summed E-state index contributed by atoms with van der Waals surface area (Å²) >= 11 is 0. The highest BCUT2D eigenvalue weighted by atomic mass is 16.5. The lowest BCUT2D eigenvalue weighted by molar-refractivity contribution is -0.130. The van der Waals surface area contributed by atoms with Crippen molar-refractivity contribution in [1.82, 2.24) is 0 Å². The lowest BCUT2D eigenvalue weighted by atomic mass is 9.92. The minimum Gasteiger partial charge on any atom is -0.423 e. The third-order valence-corrected chi connectivity index (χ3v) is 3.98. The van der Waals surface area contributed by atoms with Gasteiger partial charge in [-0.05, 0) is 35.3 Å². The highest BCUT2D eigenvalue weighted by molar-refractivity contribution is 6.02. The fourth-order valence-electron chi connectivity index (χ4n) is 2.81. The van der Waals surface area contributed by atoms with Crippen molar-refractivity contribution < 1.29 is 9.53 Å². The Kier molecular flexibility index (Phi) is 5.43. The van der Waals surface area contributed by atoms with Crippen LogP contribution in [0.4, 0.5) is 0 Å². The Morgan fingerprint density at radius 1 is 0.720 bits per heavy atom. The number of para-hydroxylation sites is 1. The molecule has 0 aliphatic carbocycles. The number of benzene rings is 3. The topological polar surface area (TPSA) is 26.3 Å². The normalized spacial score (nSPS) is 10.1. The second-order valence-corrected chi connectivity index (χ2v) is 5.64. The number of rotatable bonds is 5. The van der Waals surface area contributed by atoms with E-state index >= 15 is 0 Å². The van der Waals surface area contributed by atoms with Crippen molar-refractivity contribution in [3.8, 4) is 5.75 Å². The van der Waals surface area contributed by atoms with Gasteiger partial charge in [0.05, 0.1) is 0 Å². The number of ether oxygens (including phenoxy) is 1. The third-order valence-electron chi connectivity index (χ3n) is 3.98. The molecule has 124 valence electrons. The largest absolute Gasteiger partial charge is 0.423 e. The first-order valence-corrected chi connectivity index (χ1v) is 8.41. The van der Waals surface area contributed by atoms with Crippen molar-refractivity contribution in [3.63, 3.8) is 0 Å². The standard InChI is InChI=1S/C23H20O2/c1-2-21(23(24)25-20-16-10-5-11-17-20)22(18-12-6-3-7-13-18)19-14-8-4-9-15-19/h3-17H,2H2,1H3. The average Bonchev–Trinajstić information content (AvgIpc) is 2.68. The van der Waals surface area contributed by atoms with Crippen molar-refractivity contribution in [2.45, 2.75) is 13.3 Å². The van der Waals surface area contributed by atoms with Gasteiger partial charge >= 0.3 is 5.97 Å². The third kappa shape index (κ3) is 4.04. The van der Waals surface area contributed by atoms with Gasteiger partial charge in [-0.1, -0.05) is 85.8 Å². The highest BCUT2D eigenvalue weighted by Crippen LogP contribution is 2.29. The number of hydrogen-bond donors (Lipinski definition) is 0. The molecular weight excluding hydrogens is 308 g/mol. The molecule has 25 heavy (non-hydrogen) atoms. The second kappa shape index (κ2) is 8.11. The first-order valence-electron chi connectivity index (χ1n) is 8.41. The van der Waals surface area contributed by atoms with Crippen LogP contribution in [0.2, 0.25) is 0 Å².